The van der Waals surface area contributed by atoms with Crippen LogP contribution in [0.3, 0.4) is 0 Å². The van der Waals surface area contributed by atoms with Gasteiger partial charge in [-0.3, -0.25) is 5.32 Å². The average Bonchev–Trinajstić information content (AvgIpc) is 2.43. The van der Waals surface area contributed by atoms with Crippen LogP contribution in [0.25, 0.3) is 0 Å². The van der Waals surface area contributed by atoms with Crippen LogP contribution in [0.1, 0.15) is 5.56 Å². The average molecular weight is 286 g/mol. The van der Waals surface area contributed by atoms with Crippen LogP contribution in [0, 0.1) is 6.92 Å². The molecule has 2 rings (SSSR count). The largest absolute Gasteiger partial charge is 0.417 e. The molecule has 0 saturated heterocycles. The quantitative estimate of drug-likeness (QED) is 0.907. The maximum Gasteiger partial charge on any atom is 0.417 e. The van der Waals surface area contributed by atoms with Crippen molar-refractivity contribution in [1.82, 2.24) is 0 Å². The Balaban J connectivity index is 2.05. The minimum absolute atomic E-state index is 0.0732. The van der Waals surface area contributed by atoms with Crippen molar-refractivity contribution in [2.75, 3.05) is 5.32 Å². The normalized spacial score (nSPS) is 9.76. The number of ether oxygens (including phenoxy) is 2. The van der Waals surface area contributed by atoms with E-state index < -0.39 is 12.2 Å². The molecule has 21 heavy (non-hydrogen) atoms. The number of amides is 2. The summed E-state index contributed by atoms with van der Waals surface area (Å²) in [5, 5.41) is 2.57. The maximum atomic E-state index is 11.8. The van der Waals surface area contributed by atoms with Crippen LogP contribution < -0.4 is 20.5 Å². The van der Waals surface area contributed by atoms with E-state index in [9.17, 15) is 9.59 Å². The van der Waals surface area contributed by atoms with Crippen LogP contribution in [-0.4, -0.2) is 12.2 Å². The van der Waals surface area contributed by atoms with Crippen molar-refractivity contribution < 1.29 is 19.1 Å². The van der Waals surface area contributed by atoms with Gasteiger partial charge in [0.25, 0.3) is 0 Å². The number of nitrogens with one attached hydrogen (secondary N) is 1. The van der Waals surface area contributed by atoms with Gasteiger partial charge in [0.2, 0.25) is 0 Å². The van der Waals surface area contributed by atoms with Crippen molar-refractivity contribution >= 4 is 17.9 Å². The molecule has 2 aromatic carbocycles. The van der Waals surface area contributed by atoms with Crippen LogP contribution in [0.2, 0.25) is 0 Å². The Labute approximate surface area is 121 Å². The Morgan fingerprint density at radius 3 is 2.10 bits per heavy atom. The molecule has 0 heterocycles. The first kappa shape index (κ1) is 14.4. The highest BCUT2D eigenvalue weighted by Crippen LogP contribution is 2.26. The highest BCUT2D eigenvalue weighted by molar-refractivity contribution is 5.86. The predicted octanol–water partition coefficient (Wildman–Crippen LogP) is 3.06. The van der Waals surface area contributed by atoms with E-state index in [0.29, 0.717) is 5.69 Å². The number of primary amides is 1. The molecule has 0 fully saturated rings. The fourth-order valence-electron chi connectivity index (χ4n) is 1.61. The van der Waals surface area contributed by atoms with Gasteiger partial charge in [0.05, 0.1) is 0 Å². The van der Waals surface area contributed by atoms with Gasteiger partial charge in [0.1, 0.15) is 0 Å². The predicted molar refractivity (Wildman–Crippen MR) is 77.5 cm³/mol. The van der Waals surface area contributed by atoms with E-state index >= 15 is 0 Å². The van der Waals surface area contributed by atoms with E-state index in [2.05, 4.69) is 5.32 Å². The van der Waals surface area contributed by atoms with Crippen molar-refractivity contribution in [2.45, 2.75) is 6.92 Å². The Morgan fingerprint density at radius 1 is 0.952 bits per heavy atom. The molecule has 0 aliphatic carbocycles. The van der Waals surface area contributed by atoms with Gasteiger partial charge in [0.15, 0.2) is 11.5 Å². The Morgan fingerprint density at radius 2 is 1.52 bits per heavy atom. The van der Waals surface area contributed by atoms with Crippen LogP contribution in [-0.2, 0) is 0 Å². The minimum Gasteiger partial charge on any atom is -0.406 e. The summed E-state index contributed by atoms with van der Waals surface area (Å²) in [6.45, 7) is 1.94. The molecule has 2 aromatic rings. The van der Waals surface area contributed by atoms with Crippen molar-refractivity contribution in [3.8, 4) is 11.5 Å². The van der Waals surface area contributed by atoms with E-state index in [4.69, 9.17) is 15.2 Å². The number of para-hydroxylation sites is 2. The standard InChI is InChI=1S/C15H14N2O4/c1-10-6-8-11(9-7-10)17-15(19)21-13-5-3-2-4-12(13)20-14(16)18/h2-9H,1H3,(H2,16,18)(H,17,19). The first-order chi connectivity index (χ1) is 10.0. The lowest BCUT2D eigenvalue weighted by Crippen LogP contribution is -2.19. The van der Waals surface area contributed by atoms with Crippen LogP contribution in [0.5, 0.6) is 11.5 Å². The summed E-state index contributed by atoms with van der Waals surface area (Å²) in [4.78, 5) is 22.6. The van der Waals surface area contributed by atoms with E-state index in [1.807, 2.05) is 19.1 Å². The summed E-state index contributed by atoms with van der Waals surface area (Å²) >= 11 is 0. The molecule has 0 atom stereocenters. The number of aryl methyl sites for hydroxylation is 1. The van der Waals surface area contributed by atoms with Crippen LogP contribution in [0.15, 0.2) is 48.5 Å². The van der Waals surface area contributed by atoms with Gasteiger partial charge in [0, 0.05) is 5.69 Å². The van der Waals surface area contributed by atoms with Crippen LogP contribution in [0.4, 0.5) is 15.3 Å². The number of rotatable bonds is 3. The Hall–Kier alpha value is -3.02. The second-order valence-corrected chi connectivity index (χ2v) is 4.25. The number of nitrogens with two attached hydrogens (primary N) is 1. The molecule has 0 aromatic heterocycles. The third-order valence-electron chi connectivity index (χ3n) is 2.56. The smallest absolute Gasteiger partial charge is 0.406 e. The van der Waals surface area contributed by atoms with E-state index in [1.54, 1.807) is 24.3 Å². The number of hydrogen-bond acceptors (Lipinski definition) is 4. The van der Waals surface area contributed by atoms with Crippen molar-refractivity contribution in [3.05, 3.63) is 54.1 Å². The number of benzene rings is 2. The molecule has 2 amide bonds. The lowest BCUT2D eigenvalue weighted by molar-refractivity contribution is 0.202. The van der Waals surface area contributed by atoms with Crippen LogP contribution >= 0.6 is 0 Å². The third-order valence-corrected chi connectivity index (χ3v) is 2.56. The number of carbonyl (C=O) groups excluding carboxylic acids is 2. The molecule has 0 aliphatic heterocycles. The Bertz CT molecular complexity index is 653. The van der Waals surface area contributed by atoms with E-state index in [0.717, 1.165) is 5.56 Å². The summed E-state index contributed by atoms with van der Waals surface area (Å²) in [7, 11) is 0. The lowest BCUT2D eigenvalue weighted by atomic mass is 10.2. The molecular weight excluding hydrogens is 272 g/mol. The summed E-state index contributed by atoms with van der Waals surface area (Å²) in [5.41, 5.74) is 6.62. The van der Waals surface area contributed by atoms with Gasteiger partial charge in [-0.15, -0.1) is 0 Å². The van der Waals surface area contributed by atoms with Gasteiger partial charge < -0.3 is 15.2 Å². The number of carbonyl (C=O) groups is 2. The van der Waals surface area contributed by atoms with Crippen molar-refractivity contribution in [2.24, 2.45) is 5.73 Å². The second-order valence-electron chi connectivity index (χ2n) is 4.25. The molecule has 0 aliphatic rings. The molecule has 0 radical (unpaired) electrons. The summed E-state index contributed by atoms with van der Waals surface area (Å²) < 4.78 is 9.84. The minimum atomic E-state index is -0.981. The molecule has 6 nitrogen and oxygen atoms in total. The second kappa shape index (κ2) is 6.42. The summed E-state index contributed by atoms with van der Waals surface area (Å²) in [6.07, 6.45) is -1.68. The van der Waals surface area contributed by atoms with Gasteiger partial charge >= 0.3 is 12.2 Å². The summed E-state index contributed by atoms with van der Waals surface area (Å²) in [6, 6.07) is 13.5. The first-order valence-electron chi connectivity index (χ1n) is 6.16. The molecule has 0 bridgehead atoms. The lowest BCUT2D eigenvalue weighted by Gasteiger charge is -2.10. The number of anilines is 1. The fraction of sp³-hybridized carbons (Fsp3) is 0.0667. The molecular formula is C15H14N2O4. The molecule has 108 valence electrons. The monoisotopic (exact) mass is 286 g/mol. The zero-order valence-corrected chi connectivity index (χ0v) is 11.3. The maximum absolute atomic E-state index is 11.8. The Kier molecular flexibility index (Phi) is 4.40. The van der Waals surface area contributed by atoms with Crippen molar-refractivity contribution in [1.29, 1.82) is 0 Å². The molecule has 0 unspecified atom stereocenters. The molecule has 0 spiro atoms. The number of hydrogen-bond donors (Lipinski definition) is 2. The fourth-order valence-corrected chi connectivity index (χ4v) is 1.61. The summed E-state index contributed by atoms with van der Waals surface area (Å²) in [5.74, 6) is 0.171. The van der Waals surface area contributed by atoms with Gasteiger partial charge in [-0.05, 0) is 31.2 Å². The topological polar surface area (TPSA) is 90.7 Å². The van der Waals surface area contributed by atoms with Gasteiger partial charge in [-0.1, -0.05) is 29.8 Å². The van der Waals surface area contributed by atoms with Gasteiger partial charge in [-0.25, -0.2) is 9.59 Å². The van der Waals surface area contributed by atoms with Gasteiger partial charge in [-0.2, -0.15) is 0 Å². The third kappa shape index (κ3) is 4.24. The molecule has 3 N–H and O–H groups in total. The van der Waals surface area contributed by atoms with E-state index in [-0.39, 0.29) is 11.5 Å². The highest BCUT2D eigenvalue weighted by atomic mass is 16.6. The molecule has 0 saturated carbocycles. The van der Waals surface area contributed by atoms with Crippen molar-refractivity contribution in [3.63, 3.8) is 0 Å². The molecule has 6 heteroatoms. The zero-order valence-electron chi connectivity index (χ0n) is 11.3. The first-order valence-corrected chi connectivity index (χ1v) is 6.16. The van der Waals surface area contributed by atoms with E-state index in [1.165, 1.54) is 12.1 Å². The highest BCUT2D eigenvalue weighted by Gasteiger charge is 2.11. The SMILES string of the molecule is Cc1ccc(NC(=O)Oc2ccccc2OC(N)=O)cc1. The zero-order chi connectivity index (χ0) is 15.2.